The lowest BCUT2D eigenvalue weighted by molar-refractivity contribution is 0.660. The highest BCUT2D eigenvalue weighted by Crippen LogP contribution is 2.53. The van der Waals surface area contributed by atoms with Gasteiger partial charge < -0.3 is 0 Å². The minimum absolute atomic E-state index is 0.0519. The molecule has 0 saturated carbocycles. The van der Waals surface area contributed by atoms with Crippen LogP contribution in [0, 0.1) is 0 Å². The van der Waals surface area contributed by atoms with Crippen LogP contribution in [0.25, 0.3) is 54.9 Å². The number of fused-ring (bicyclic) bond motifs is 5. The van der Waals surface area contributed by atoms with Gasteiger partial charge in [0.15, 0.2) is 0 Å². The Balaban J connectivity index is 1.59. The Morgan fingerprint density at radius 3 is 1.92 bits per heavy atom. The molecular weight excluding hydrogens is 456 g/mol. The first kappa shape index (κ1) is 21.4. The van der Waals surface area contributed by atoms with Gasteiger partial charge in [0.1, 0.15) is 0 Å². The molecule has 7 rings (SSSR count). The fraction of sp³-hybridized carbons (Fsp3) is 0.0857. The van der Waals surface area contributed by atoms with Gasteiger partial charge in [-0.3, -0.25) is 0 Å². The molecule has 0 bridgehead atoms. The molecule has 0 unspecified atom stereocenters. The minimum atomic E-state index is -0.0519. The van der Waals surface area contributed by atoms with Crippen molar-refractivity contribution in [2.24, 2.45) is 0 Å². The van der Waals surface area contributed by atoms with Crippen LogP contribution in [-0.2, 0) is 5.41 Å². The molecule has 0 fully saturated rings. The second-order valence-electron chi connectivity index (χ2n) is 10.3. The quantitative estimate of drug-likeness (QED) is 0.231. The summed E-state index contributed by atoms with van der Waals surface area (Å²) in [5.41, 5.74) is 10.0. The van der Waals surface area contributed by atoms with E-state index in [0.29, 0.717) is 0 Å². The fourth-order valence-electron chi connectivity index (χ4n) is 6.20. The largest absolute Gasteiger partial charge is 0.0830 e. The summed E-state index contributed by atoms with van der Waals surface area (Å²) in [7, 11) is 0. The third kappa shape index (κ3) is 2.95. The summed E-state index contributed by atoms with van der Waals surface area (Å²) in [6.07, 6.45) is 0. The summed E-state index contributed by atoms with van der Waals surface area (Å²) < 4.78 is 0. The molecule has 0 N–H and O–H groups in total. The number of hydrogen-bond donors (Lipinski definition) is 0. The van der Waals surface area contributed by atoms with Crippen LogP contribution in [-0.4, -0.2) is 0 Å². The van der Waals surface area contributed by atoms with Crippen molar-refractivity contribution in [3.63, 3.8) is 0 Å². The Morgan fingerprint density at radius 1 is 0.472 bits per heavy atom. The Labute approximate surface area is 216 Å². The SMILES string of the molecule is CC1(C)c2ccccc2-c2c(-c3cc(-c4cccc5ccccc45)c4ccccc4c3Cl)cccc21. The molecule has 0 atom stereocenters. The van der Waals surface area contributed by atoms with Gasteiger partial charge in [-0.25, -0.2) is 0 Å². The zero-order valence-corrected chi connectivity index (χ0v) is 21.1. The molecule has 0 radical (unpaired) electrons. The molecule has 6 aromatic carbocycles. The minimum Gasteiger partial charge on any atom is -0.0830 e. The highest BCUT2D eigenvalue weighted by atomic mass is 35.5. The maximum Gasteiger partial charge on any atom is 0.0563 e. The lowest BCUT2D eigenvalue weighted by atomic mass is 9.81. The van der Waals surface area contributed by atoms with Crippen molar-refractivity contribution in [1.82, 2.24) is 0 Å². The third-order valence-corrected chi connectivity index (χ3v) is 8.36. The van der Waals surface area contributed by atoms with Crippen LogP contribution >= 0.6 is 11.6 Å². The molecule has 0 aliphatic heterocycles. The van der Waals surface area contributed by atoms with E-state index in [0.717, 1.165) is 16.0 Å². The molecule has 0 aromatic heterocycles. The fourth-order valence-corrected chi connectivity index (χ4v) is 6.52. The zero-order valence-electron chi connectivity index (χ0n) is 20.3. The lowest BCUT2D eigenvalue weighted by Gasteiger charge is -2.22. The van der Waals surface area contributed by atoms with Gasteiger partial charge in [0.25, 0.3) is 0 Å². The molecule has 1 aliphatic rings. The van der Waals surface area contributed by atoms with Gasteiger partial charge in [-0.1, -0.05) is 135 Å². The van der Waals surface area contributed by atoms with Crippen molar-refractivity contribution >= 4 is 33.1 Å². The van der Waals surface area contributed by atoms with Gasteiger partial charge in [0.05, 0.1) is 5.02 Å². The molecular formula is C35H25Cl. The van der Waals surface area contributed by atoms with E-state index in [1.165, 1.54) is 55.1 Å². The second kappa shape index (κ2) is 7.82. The van der Waals surface area contributed by atoms with Gasteiger partial charge in [0.2, 0.25) is 0 Å². The topological polar surface area (TPSA) is 0 Å². The van der Waals surface area contributed by atoms with Crippen molar-refractivity contribution in [3.8, 4) is 33.4 Å². The van der Waals surface area contributed by atoms with E-state index >= 15 is 0 Å². The lowest BCUT2D eigenvalue weighted by Crippen LogP contribution is -2.14. The molecule has 36 heavy (non-hydrogen) atoms. The van der Waals surface area contributed by atoms with Crippen LogP contribution in [0.15, 0.2) is 115 Å². The van der Waals surface area contributed by atoms with Crippen LogP contribution in [0.5, 0.6) is 0 Å². The highest BCUT2D eigenvalue weighted by Gasteiger charge is 2.36. The molecule has 0 amide bonds. The van der Waals surface area contributed by atoms with Crippen molar-refractivity contribution in [3.05, 3.63) is 131 Å². The first-order chi connectivity index (χ1) is 17.6. The van der Waals surface area contributed by atoms with Crippen LogP contribution in [0.3, 0.4) is 0 Å². The normalized spacial score (nSPS) is 13.6. The Hall–Kier alpha value is -3.87. The standard InChI is InChI=1S/C35H25Cl/c1-35(2)31-19-8-7-16-28(31)33-26(18-10-20-32(33)35)30-21-29(25-14-5-6-15-27(25)34(30)36)24-17-9-12-22-11-3-4-13-23(22)24/h3-21H,1-2H3. The first-order valence-corrected chi connectivity index (χ1v) is 12.9. The molecule has 172 valence electrons. The molecule has 0 spiro atoms. The molecule has 1 aliphatic carbocycles. The van der Waals surface area contributed by atoms with Crippen LogP contribution in [0.4, 0.5) is 0 Å². The molecule has 1 heteroatoms. The number of benzene rings is 6. The summed E-state index contributed by atoms with van der Waals surface area (Å²) in [5, 5.41) is 5.57. The predicted molar refractivity (Wildman–Crippen MR) is 155 cm³/mol. The predicted octanol–water partition coefficient (Wildman–Crippen LogP) is 10.3. The summed E-state index contributed by atoms with van der Waals surface area (Å²) in [6.45, 7) is 4.65. The third-order valence-electron chi connectivity index (χ3n) is 7.96. The van der Waals surface area contributed by atoms with E-state index in [-0.39, 0.29) is 5.41 Å². The molecule has 6 aromatic rings. The Kier molecular flexibility index (Phi) is 4.65. The van der Waals surface area contributed by atoms with Crippen molar-refractivity contribution in [2.45, 2.75) is 19.3 Å². The highest BCUT2D eigenvalue weighted by molar-refractivity contribution is 6.39. The average molecular weight is 481 g/mol. The smallest absolute Gasteiger partial charge is 0.0563 e. The van der Waals surface area contributed by atoms with Crippen LogP contribution < -0.4 is 0 Å². The monoisotopic (exact) mass is 480 g/mol. The van der Waals surface area contributed by atoms with Gasteiger partial charge >= 0.3 is 0 Å². The van der Waals surface area contributed by atoms with E-state index in [2.05, 4.69) is 129 Å². The number of halogens is 1. The molecule has 0 heterocycles. The van der Waals surface area contributed by atoms with E-state index < -0.39 is 0 Å². The van der Waals surface area contributed by atoms with Crippen molar-refractivity contribution < 1.29 is 0 Å². The maximum absolute atomic E-state index is 7.25. The zero-order chi connectivity index (χ0) is 24.4. The molecule has 0 saturated heterocycles. The molecule has 0 nitrogen and oxygen atoms in total. The van der Waals surface area contributed by atoms with Gasteiger partial charge in [0, 0.05) is 16.4 Å². The Bertz CT molecular complexity index is 1820. The van der Waals surface area contributed by atoms with Gasteiger partial charge in [-0.15, -0.1) is 0 Å². The number of hydrogen-bond acceptors (Lipinski definition) is 0. The maximum atomic E-state index is 7.25. The van der Waals surface area contributed by atoms with Crippen molar-refractivity contribution in [2.75, 3.05) is 0 Å². The van der Waals surface area contributed by atoms with E-state index in [4.69, 9.17) is 11.6 Å². The summed E-state index contributed by atoms with van der Waals surface area (Å²) in [6, 6.07) is 41.5. The van der Waals surface area contributed by atoms with Crippen LogP contribution in [0.2, 0.25) is 5.02 Å². The van der Waals surface area contributed by atoms with E-state index in [1.54, 1.807) is 0 Å². The van der Waals surface area contributed by atoms with Crippen LogP contribution in [0.1, 0.15) is 25.0 Å². The van der Waals surface area contributed by atoms with Gasteiger partial charge in [-0.2, -0.15) is 0 Å². The summed E-state index contributed by atoms with van der Waals surface area (Å²) >= 11 is 7.25. The van der Waals surface area contributed by atoms with E-state index in [9.17, 15) is 0 Å². The van der Waals surface area contributed by atoms with Gasteiger partial charge in [-0.05, 0) is 61.2 Å². The summed E-state index contributed by atoms with van der Waals surface area (Å²) in [5.74, 6) is 0. The first-order valence-electron chi connectivity index (χ1n) is 12.5. The summed E-state index contributed by atoms with van der Waals surface area (Å²) in [4.78, 5) is 0. The number of rotatable bonds is 2. The average Bonchev–Trinajstić information content (AvgIpc) is 3.16. The Morgan fingerprint density at radius 2 is 1.06 bits per heavy atom. The second-order valence-corrected chi connectivity index (χ2v) is 10.6. The van der Waals surface area contributed by atoms with E-state index in [1.807, 2.05) is 0 Å². The van der Waals surface area contributed by atoms with Crippen molar-refractivity contribution in [1.29, 1.82) is 0 Å².